The van der Waals surface area contributed by atoms with Gasteiger partial charge in [0.05, 0.1) is 16.1 Å². The van der Waals surface area contributed by atoms with Crippen LogP contribution in [0.15, 0.2) is 162 Å². The maximum absolute atomic E-state index is 10.6. The van der Waals surface area contributed by atoms with E-state index >= 15 is 0 Å². The minimum absolute atomic E-state index is 0.00751. The Morgan fingerprint density at radius 3 is 0.781 bits per heavy atom. The van der Waals surface area contributed by atoms with Gasteiger partial charge in [0, 0.05) is 152 Å². The molecule has 0 saturated carbocycles. The van der Waals surface area contributed by atoms with Crippen LogP contribution < -0.4 is 10.4 Å². The van der Waals surface area contributed by atoms with Gasteiger partial charge in [-0.3, -0.25) is 34.9 Å². The topological polar surface area (TPSA) is 228 Å². The predicted octanol–water partition coefficient (Wildman–Crippen LogP) is 29.8. The molecule has 37 heteroatoms. The number of hydrogen-bond donors (Lipinski definition) is 7. The fourth-order valence-corrected chi connectivity index (χ4v) is 14.4. The van der Waals surface area contributed by atoms with Crippen molar-refractivity contribution in [1.82, 2.24) is 0 Å². The van der Waals surface area contributed by atoms with Crippen LogP contribution in [-0.4, -0.2) is 143 Å². The summed E-state index contributed by atoms with van der Waals surface area (Å²) in [5.41, 5.74) is 17.0. The van der Waals surface area contributed by atoms with Gasteiger partial charge in [-0.25, -0.2) is 0 Å². The van der Waals surface area contributed by atoms with E-state index in [1.54, 1.807) is 71.7 Å². The molecule has 0 amide bonds. The van der Waals surface area contributed by atoms with E-state index in [9.17, 15) is 35.7 Å². The number of phenolic OH excluding ortho intramolecular Hbond substituents is 7. The van der Waals surface area contributed by atoms with E-state index in [1.807, 2.05) is 159 Å². The summed E-state index contributed by atoms with van der Waals surface area (Å²) in [5, 5.41) is 72.6. The standard InChI is InChI=1S/C18H21NO.C15H23NO.C14H21NO.C12H19NOSi.C11H17NOSi.C11H15NO.C10H13NO.14ClH.7Zr/c1-13-10-14(12-19-4)17(20)16(11-13)18(2,3)15-8-6-5-7-9-15;1-6-15(4,5)13-9-11(3)8-12(14(13)17)10-16-7-2;1-6-14(3,4)12-8-10(2)7-11(9-15-5)13(12)16;1-5-13-9-10-7-6-8-11(12(10)14)15(2,3)4;1-12-8-9-6-5-7-10(11(9)13)14(2,3)4;1-4-12-7-10-6-8(2)5-9(3)11(10)13;1-7-4-8(2)10(12)9(5-7)6-11-3;;;;;;;;;;;;;;;;;;;;;/h5-12,20H,1-4H3;8-10,17H,6-7H2,1-5H3;7-9,16H,6H2,1-5H3;6-9,14H,5H2,1-4H3;5-8,13H,1-4H3;5-7,13H,4H2,1-3H3;4-6,12H,1-3H3;14*1H;;;;;;;/q;;;;;;;;;;;;;;;;;;;;;7*+2/p-14. The van der Waals surface area contributed by atoms with E-state index in [2.05, 4.69) is 167 Å². The molecule has 0 aliphatic rings. The van der Waals surface area contributed by atoms with E-state index in [-0.39, 0.29) is 16.2 Å². The van der Waals surface area contributed by atoms with E-state index in [0.29, 0.717) is 40.2 Å². The van der Waals surface area contributed by atoms with Crippen molar-refractivity contribution in [1.29, 1.82) is 0 Å². The Bertz CT molecular complexity index is 4580. The van der Waals surface area contributed by atoms with Gasteiger partial charge in [0.15, 0.2) is 0 Å². The van der Waals surface area contributed by atoms with Gasteiger partial charge in [0.25, 0.3) is 0 Å². The van der Waals surface area contributed by atoms with E-state index in [1.165, 1.54) is 5.56 Å². The Kier molecular flexibility index (Phi) is 88.7. The van der Waals surface area contributed by atoms with Gasteiger partial charge >= 0.3 is 265 Å². The molecule has 0 aliphatic carbocycles. The summed E-state index contributed by atoms with van der Waals surface area (Å²) < 4.78 is 0. The van der Waals surface area contributed by atoms with Crippen molar-refractivity contribution in [2.45, 2.75) is 193 Å². The predicted molar refractivity (Wildman–Crippen MR) is 551 cm³/mol. The second kappa shape index (κ2) is 81.4. The van der Waals surface area contributed by atoms with E-state index in [0.717, 1.165) is 137 Å². The van der Waals surface area contributed by atoms with Crippen LogP contribution >= 0.6 is 119 Å². The van der Waals surface area contributed by atoms with Crippen LogP contribution in [0.5, 0.6) is 40.2 Å². The van der Waals surface area contributed by atoms with Crippen molar-refractivity contribution in [3.8, 4) is 40.2 Å². The van der Waals surface area contributed by atoms with Gasteiger partial charge < -0.3 is 35.7 Å². The molecule has 0 atom stereocenters. The average Bonchev–Trinajstić information content (AvgIpc) is 0.764. The number of rotatable bonds is 18. The number of nitrogens with zero attached hydrogens (tertiary/aromatic N) is 7. The number of benzene rings is 8. The molecular formula is C91H129Cl14N7O7Si2Zr7. The molecule has 0 unspecified atom stereocenters. The fourth-order valence-electron chi connectivity index (χ4n) is 11.5. The van der Waals surface area contributed by atoms with E-state index < -0.39 is 162 Å². The van der Waals surface area contributed by atoms with Crippen molar-refractivity contribution < 1.29 is 182 Å². The van der Waals surface area contributed by atoms with Crippen LogP contribution in [0.3, 0.4) is 0 Å². The summed E-state index contributed by atoms with van der Waals surface area (Å²) in [6.07, 6.45) is 14.0. The maximum atomic E-state index is 10.6. The first-order valence-electron chi connectivity index (χ1n) is 39.7. The van der Waals surface area contributed by atoms with Crippen LogP contribution in [0.25, 0.3) is 0 Å². The molecule has 0 aromatic heterocycles. The normalized spacial score (nSPS) is 10.7. The second-order valence-corrected chi connectivity index (χ2v) is 67.4. The molecular weight excluding hydrogens is 2490 g/mol. The minimum atomic E-state index is -1.46. The molecule has 7 N–H and O–H groups in total. The van der Waals surface area contributed by atoms with Crippen LogP contribution in [0.2, 0.25) is 39.3 Å². The number of aryl methyl sites for hydroxylation is 7. The monoisotopic (exact) mass is 2610 g/mol. The molecule has 8 rings (SSSR count). The molecule has 128 heavy (non-hydrogen) atoms. The van der Waals surface area contributed by atoms with Gasteiger partial charge in [-0.05, 0) is 190 Å². The first-order chi connectivity index (χ1) is 59.9. The number of aromatic hydroxyl groups is 7. The zero-order valence-electron chi connectivity index (χ0n) is 78.8. The van der Waals surface area contributed by atoms with Gasteiger partial charge in [-0.15, -0.1) is 0 Å². The van der Waals surface area contributed by atoms with Gasteiger partial charge in [0.2, 0.25) is 0 Å². The fraction of sp³-hybridized carbons (Fsp3) is 0.396. The van der Waals surface area contributed by atoms with E-state index in [4.69, 9.17) is 119 Å². The first kappa shape index (κ1) is 139. The summed E-state index contributed by atoms with van der Waals surface area (Å²) in [7, 11) is 73.0. The molecule has 0 aliphatic heterocycles. The number of hydrogen-bond acceptors (Lipinski definition) is 14. The van der Waals surface area contributed by atoms with Gasteiger partial charge in [0.1, 0.15) is 40.2 Å². The Balaban J connectivity index is -0.000000328. The molecule has 8 aromatic carbocycles. The molecule has 0 saturated heterocycles. The molecule has 0 fully saturated rings. The van der Waals surface area contributed by atoms with Gasteiger partial charge in [-0.2, -0.15) is 0 Å². The third kappa shape index (κ3) is 60.0. The van der Waals surface area contributed by atoms with Crippen molar-refractivity contribution in [2.24, 2.45) is 34.9 Å². The number of halogens is 14. The molecule has 0 bridgehead atoms. The van der Waals surface area contributed by atoms with Crippen molar-refractivity contribution in [3.63, 3.8) is 0 Å². The Hall–Kier alpha value is 0.726. The zero-order chi connectivity index (χ0) is 100. The SMILES string of the molecule is CCC(C)(C)c1cc(C)cc(C=NC)c1O.CCN=Cc1cc(C)cc(C(C)(C)CC)c1O.CCN=Cc1cc(C)cc(C)c1O.CCN=Cc1cccc([Si](C)(C)C)c1O.CN=Cc1cc(C)cc(C(C)(C)c2ccccc2)c1O.CN=Cc1cc(C)cc(C)c1O.CN=Cc1cccc([Si](C)(C)C)c1O.[Cl][Zr][Cl].[Cl][Zr][Cl].[Cl][Zr][Cl].[Cl][Zr][Cl].[Cl][Zr][Cl].[Cl][Zr][Cl].[Cl][Zr][Cl]. The first-order valence-corrected chi connectivity index (χ1v) is 91.0. The molecule has 0 spiro atoms. The van der Waals surface area contributed by atoms with Crippen LogP contribution in [0.4, 0.5) is 0 Å². The van der Waals surface area contributed by atoms with Gasteiger partial charge in [-0.1, -0.05) is 180 Å². The quantitative estimate of drug-likeness (QED) is 0.0324. The van der Waals surface area contributed by atoms with Crippen LogP contribution in [0.1, 0.15) is 189 Å². The number of aliphatic imine (C=N–C) groups is 7. The Morgan fingerprint density at radius 2 is 0.516 bits per heavy atom. The zero-order valence-corrected chi connectivity index (χ0v) is 109. The second-order valence-electron chi connectivity index (χ2n) is 31.2. The molecule has 14 nitrogen and oxygen atoms in total. The van der Waals surface area contributed by atoms with Crippen LogP contribution in [0, 0.1) is 48.5 Å². The number of phenols is 7. The summed E-state index contributed by atoms with van der Waals surface area (Å²) in [6, 6.07) is 41.8. The molecule has 0 heterocycles. The van der Waals surface area contributed by atoms with Crippen molar-refractivity contribution in [3.05, 3.63) is 228 Å². The number of para-hydroxylation sites is 2. The average molecular weight is 2620 g/mol. The summed E-state index contributed by atoms with van der Waals surface area (Å²) in [5.74, 6) is 2.53. The van der Waals surface area contributed by atoms with Crippen molar-refractivity contribution in [2.75, 3.05) is 47.8 Å². The summed E-state index contributed by atoms with van der Waals surface area (Å²) >= 11 is -5.78. The molecule has 8 aromatic rings. The Morgan fingerprint density at radius 1 is 0.289 bits per heavy atom. The van der Waals surface area contributed by atoms with Crippen molar-refractivity contribution >= 4 is 189 Å². The molecule has 704 valence electrons. The third-order valence-electron chi connectivity index (χ3n) is 18.3. The third-order valence-corrected chi connectivity index (χ3v) is 22.3. The summed E-state index contributed by atoms with van der Waals surface area (Å²) in [6.45, 7) is 52.5. The summed E-state index contributed by atoms with van der Waals surface area (Å²) in [4.78, 5) is 28.2. The Labute approximate surface area is 900 Å². The van der Waals surface area contributed by atoms with Crippen LogP contribution in [-0.2, 0) is 162 Å². The molecule has 0 radical (unpaired) electrons.